The molecule has 4 heterocycles. The number of anilines is 5. The Balaban J connectivity index is 1.15. The van der Waals surface area contributed by atoms with Crippen molar-refractivity contribution < 1.29 is 5.11 Å². The topological polar surface area (TPSA) is 128 Å². The van der Waals surface area contributed by atoms with Crippen LogP contribution >= 0.6 is 0 Å². The van der Waals surface area contributed by atoms with Gasteiger partial charge in [-0.2, -0.15) is 4.98 Å². The van der Waals surface area contributed by atoms with E-state index in [1.807, 2.05) is 42.7 Å². The van der Waals surface area contributed by atoms with E-state index >= 15 is 0 Å². The van der Waals surface area contributed by atoms with Gasteiger partial charge in [0.2, 0.25) is 17.8 Å². The van der Waals surface area contributed by atoms with Crippen molar-refractivity contribution >= 4 is 29.4 Å². The lowest BCUT2D eigenvalue weighted by atomic mass is 10.1. The van der Waals surface area contributed by atoms with Crippen molar-refractivity contribution in [1.29, 1.82) is 0 Å². The zero-order valence-electron chi connectivity index (χ0n) is 19.8. The molecule has 1 fully saturated rings. The number of rotatable bonds is 9. The average Bonchev–Trinajstić information content (AvgIpc) is 2.94. The Hall–Kier alpha value is -4.38. The first-order chi connectivity index (χ1) is 17.8. The molecule has 0 amide bonds. The molecule has 36 heavy (non-hydrogen) atoms. The van der Waals surface area contributed by atoms with E-state index in [9.17, 15) is 0 Å². The number of aliphatic hydroxyl groups is 1. The average molecular weight is 485 g/mol. The van der Waals surface area contributed by atoms with Gasteiger partial charge in [-0.1, -0.05) is 30.3 Å². The van der Waals surface area contributed by atoms with Gasteiger partial charge in [-0.05, 0) is 23.3 Å². The van der Waals surface area contributed by atoms with Crippen LogP contribution in [0, 0.1) is 0 Å². The van der Waals surface area contributed by atoms with Crippen molar-refractivity contribution in [2.75, 3.05) is 59.8 Å². The highest BCUT2D eigenvalue weighted by atomic mass is 16.3. The van der Waals surface area contributed by atoms with Crippen molar-refractivity contribution in [3.05, 3.63) is 78.5 Å². The highest BCUT2D eigenvalue weighted by molar-refractivity contribution is 5.55. The largest absolute Gasteiger partial charge is 0.395 e. The van der Waals surface area contributed by atoms with Gasteiger partial charge >= 0.3 is 0 Å². The summed E-state index contributed by atoms with van der Waals surface area (Å²) in [6, 6.07) is 14.0. The van der Waals surface area contributed by atoms with Crippen LogP contribution in [0.2, 0.25) is 0 Å². The van der Waals surface area contributed by atoms with Crippen LogP contribution in [0.5, 0.6) is 0 Å². The molecule has 0 spiro atoms. The lowest BCUT2D eigenvalue weighted by Gasteiger charge is -2.34. The molecule has 3 aromatic heterocycles. The number of hydrogen-bond donors (Lipinski definition) is 3. The molecule has 0 atom stereocenters. The molecular formula is C25H28N10O. The van der Waals surface area contributed by atoms with E-state index in [1.54, 1.807) is 6.20 Å². The third kappa shape index (κ3) is 5.99. The number of nitrogens with zero attached hydrogens (tertiary/aromatic N) is 8. The normalized spacial score (nSPS) is 13.5. The molecule has 0 saturated carbocycles. The maximum Gasteiger partial charge on any atom is 0.232 e. The summed E-state index contributed by atoms with van der Waals surface area (Å²) in [5.41, 5.74) is 3.11. The highest BCUT2D eigenvalue weighted by Crippen LogP contribution is 2.18. The van der Waals surface area contributed by atoms with Gasteiger partial charge in [-0.25, -0.2) is 24.9 Å². The second-order valence-corrected chi connectivity index (χ2v) is 8.34. The third-order valence-corrected chi connectivity index (χ3v) is 5.78. The lowest BCUT2D eigenvalue weighted by molar-refractivity contribution is 0.311. The van der Waals surface area contributed by atoms with Gasteiger partial charge in [-0.15, -0.1) is 0 Å². The molecule has 11 heteroatoms. The van der Waals surface area contributed by atoms with E-state index in [0.717, 1.165) is 49.8 Å². The minimum absolute atomic E-state index is 0.0532. The number of pyridine rings is 1. The minimum Gasteiger partial charge on any atom is -0.395 e. The van der Waals surface area contributed by atoms with Crippen LogP contribution < -0.4 is 20.4 Å². The smallest absolute Gasteiger partial charge is 0.232 e. The summed E-state index contributed by atoms with van der Waals surface area (Å²) in [6.07, 6.45) is 7.85. The van der Waals surface area contributed by atoms with Crippen LogP contribution in [-0.4, -0.2) is 74.3 Å². The Morgan fingerprint density at radius 2 is 1.50 bits per heavy atom. The number of aromatic nitrogens is 6. The molecule has 184 valence electrons. The molecule has 0 radical (unpaired) electrons. The first kappa shape index (κ1) is 23.4. The Morgan fingerprint density at radius 1 is 0.750 bits per heavy atom. The Morgan fingerprint density at radius 3 is 2.19 bits per heavy atom. The molecule has 11 nitrogen and oxygen atoms in total. The standard InChI is InChI=1S/C25H28N10O/c36-13-8-26-22-7-6-21(17-27-22)32-23-30-18-31-25(33-23)35-11-9-34(10-12-35)24-28-15-20(16-29-24)14-19-4-2-1-3-5-19/h1-7,15-18,36H,8-14H2,(H,26,27)(H,30,31,32,33). The van der Waals surface area contributed by atoms with Crippen molar-refractivity contribution in [1.82, 2.24) is 29.9 Å². The molecular weight excluding hydrogens is 456 g/mol. The molecule has 1 aliphatic rings. The second-order valence-electron chi connectivity index (χ2n) is 8.34. The number of benzene rings is 1. The van der Waals surface area contributed by atoms with Gasteiger partial charge in [-0.3, -0.25) is 0 Å². The predicted molar refractivity (Wildman–Crippen MR) is 139 cm³/mol. The minimum atomic E-state index is 0.0532. The second kappa shape index (κ2) is 11.4. The van der Waals surface area contributed by atoms with E-state index in [0.29, 0.717) is 24.3 Å². The SMILES string of the molecule is OCCNc1ccc(Nc2ncnc(N3CCN(c4ncc(Cc5ccccc5)cn4)CC3)n2)cn1. The van der Waals surface area contributed by atoms with Crippen LogP contribution in [0.3, 0.4) is 0 Å². The van der Waals surface area contributed by atoms with Crippen molar-refractivity contribution in [3.63, 3.8) is 0 Å². The first-order valence-electron chi connectivity index (χ1n) is 11.9. The van der Waals surface area contributed by atoms with Crippen LogP contribution in [0.15, 0.2) is 67.4 Å². The summed E-state index contributed by atoms with van der Waals surface area (Å²) in [5.74, 6) is 2.52. The summed E-state index contributed by atoms with van der Waals surface area (Å²) in [5, 5.41) is 15.1. The number of piperazine rings is 1. The summed E-state index contributed by atoms with van der Waals surface area (Å²) in [6.45, 7) is 3.57. The van der Waals surface area contributed by atoms with E-state index in [-0.39, 0.29) is 6.61 Å². The first-order valence-corrected chi connectivity index (χ1v) is 11.9. The summed E-state index contributed by atoms with van der Waals surface area (Å²) >= 11 is 0. The number of aliphatic hydroxyl groups excluding tert-OH is 1. The number of nitrogens with one attached hydrogen (secondary N) is 2. The molecule has 4 aromatic rings. The van der Waals surface area contributed by atoms with Crippen LogP contribution in [0.1, 0.15) is 11.1 Å². The summed E-state index contributed by atoms with van der Waals surface area (Å²) < 4.78 is 0. The van der Waals surface area contributed by atoms with Gasteiger partial charge in [0.15, 0.2) is 0 Å². The summed E-state index contributed by atoms with van der Waals surface area (Å²) in [4.78, 5) is 31.0. The highest BCUT2D eigenvalue weighted by Gasteiger charge is 2.21. The monoisotopic (exact) mass is 484 g/mol. The molecule has 0 bridgehead atoms. The fraction of sp³-hybridized carbons (Fsp3) is 0.280. The molecule has 5 rings (SSSR count). The molecule has 0 aliphatic carbocycles. The lowest BCUT2D eigenvalue weighted by Crippen LogP contribution is -2.47. The van der Waals surface area contributed by atoms with Crippen molar-refractivity contribution in [3.8, 4) is 0 Å². The van der Waals surface area contributed by atoms with E-state index in [2.05, 4.69) is 62.5 Å². The Labute approximate surface area is 209 Å². The fourth-order valence-electron chi connectivity index (χ4n) is 3.93. The zero-order chi connectivity index (χ0) is 24.6. The van der Waals surface area contributed by atoms with Crippen molar-refractivity contribution in [2.24, 2.45) is 0 Å². The maximum atomic E-state index is 8.90. The van der Waals surface area contributed by atoms with Crippen LogP contribution in [0.25, 0.3) is 0 Å². The maximum absolute atomic E-state index is 8.90. The molecule has 0 unspecified atom stereocenters. The van der Waals surface area contributed by atoms with Crippen LogP contribution in [0.4, 0.5) is 29.4 Å². The van der Waals surface area contributed by atoms with Crippen LogP contribution in [-0.2, 0) is 6.42 Å². The quantitative estimate of drug-likeness (QED) is 0.323. The Kier molecular flexibility index (Phi) is 7.38. The van der Waals surface area contributed by atoms with Gasteiger partial charge in [0.05, 0.1) is 18.5 Å². The molecule has 1 aliphatic heterocycles. The summed E-state index contributed by atoms with van der Waals surface area (Å²) in [7, 11) is 0. The molecule has 1 saturated heterocycles. The predicted octanol–water partition coefficient (Wildman–Crippen LogP) is 2.12. The molecule has 1 aromatic carbocycles. The van der Waals surface area contributed by atoms with Gasteiger partial charge in [0.1, 0.15) is 12.1 Å². The fourth-order valence-corrected chi connectivity index (χ4v) is 3.93. The van der Waals surface area contributed by atoms with Crippen molar-refractivity contribution in [2.45, 2.75) is 6.42 Å². The van der Waals surface area contributed by atoms with Gasteiger partial charge in [0, 0.05) is 51.5 Å². The Bertz CT molecular complexity index is 1230. The van der Waals surface area contributed by atoms with E-state index in [1.165, 1.54) is 11.9 Å². The van der Waals surface area contributed by atoms with E-state index < -0.39 is 0 Å². The van der Waals surface area contributed by atoms with Gasteiger partial charge < -0.3 is 25.5 Å². The molecule has 3 N–H and O–H groups in total. The number of hydrogen-bond acceptors (Lipinski definition) is 11. The van der Waals surface area contributed by atoms with Gasteiger partial charge in [0.25, 0.3) is 0 Å². The zero-order valence-corrected chi connectivity index (χ0v) is 19.8. The third-order valence-electron chi connectivity index (χ3n) is 5.78. The van der Waals surface area contributed by atoms with E-state index in [4.69, 9.17) is 5.11 Å².